The van der Waals surface area contributed by atoms with Gasteiger partial charge in [-0.15, -0.1) is 0 Å². The van der Waals surface area contributed by atoms with E-state index in [1.807, 2.05) is 11.8 Å². The minimum atomic E-state index is -3.56. The predicted octanol–water partition coefficient (Wildman–Crippen LogP) is 2.22. The maximum atomic E-state index is 13.0. The molecule has 0 spiro atoms. The van der Waals surface area contributed by atoms with Crippen LogP contribution in [0.15, 0.2) is 53.4 Å². The Morgan fingerprint density at radius 3 is 2.42 bits per heavy atom. The molecule has 176 valence electrons. The van der Waals surface area contributed by atoms with Crippen LogP contribution in [0.3, 0.4) is 0 Å². The second-order valence-electron chi connectivity index (χ2n) is 8.69. The summed E-state index contributed by atoms with van der Waals surface area (Å²) < 4.78 is 27.5. The summed E-state index contributed by atoms with van der Waals surface area (Å²) >= 11 is 0. The van der Waals surface area contributed by atoms with Crippen LogP contribution in [0.1, 0.15) is 35.2 Å². The maximum Gasteiger partial charge on any atom is 0.253 e. The van der Waals surface area contributed by atoms with Crippen LogP contribution < -0.4 is 10.6 Å². The smallest absolute Gasteiger partial charge is 0.253 e. The molecule has 1 aliphatic heterocycles. The highest BCUT2D eigenvalue weighted by molar-refractivity contribution is 7.89. The van der Waals surface area contributed by atoms with Crippen molar-refractivity contribution in [3.05, 3.63) is 59.7 Å². The molecular formula is C24H30N4O4S. The first-order chi connectivity index (χ1) is 15.8. The normalized spacial score (nSPS) is 17.8. The zero-order chi connectivity index (χ0) is 23.4. The van der Waals surface area contributed by atoms with Gasteiger partial charge in [-0.1, -0.05) is 29.8 Å². The average Bonchev–Trinajstić information content (AvgIpc) is 3.62. The molecule has 9 heteroatoms. The van der Waals surface area contributed by atoms with Crippen molar-refractivity contribution in [2.45, 2.75) is 37.1 Å². The third kappa shape index (κ3) is 5.98. The third-order valence-electron chi connectivity index (χ3n) is 5.93. The minimum absolute atomic E-state index is 0.136. The Morgan fingerprint density at radius 2 is 1.70 bits per heavy atom. The van der Waals surface area contributed by atoms with Gasteiger partial charge in [-0.25, -0.2) is 8.42 Å². The van der Waals surface area contributed by atoms with Crippen molar-refractivity contribution >= 4 is 27.5 Å². The molecule has 1 saturated heterocycles. The molecule has 2 N–H and O–H groups in total. The van der Waals surface area contributed by atoms with E-state index in [0.717, 1.165) is 18.4 Å². The van der Waals surface area contributed by atoms with Crippen molar-refractivity contribution in [2.75, 3.05) is 38.0 Å². The molecule has 0 aromatic heterocycles. The van der Waals surface area contributed by atoms with Crippen molar-refractivity contribution in [3.63, 3.8) is 0 Å². The van der Waals surface area contributed by atoms with Crippen LogP contribution in [-0.4, -0.2) is 68.2 Å². The van der Waals surface area contributed by atoms with Crippen LogP contribution >= 0.6 is 0 Å². The van der Waals surface area contributed by atoms with Gasteiger partial charge in [0.05, 0.1) is 22.7 Å². The molecule has 2 fully saturated rings. The number of anilines is 1. The number of aryl methyl sites for hydroxylation is 1. The zero-order valence-electron chi connectivity index (χ0n) is 18.8. The molecule has 4 rings (SSSR count). The van der Waals surface area contributed by atoms with Crippen LogP contribution in [0, 0.1) is 6.92 Å². The summed E-state index contributed by atoms with van der Waals surface area (Å²) in [5.74, 6) is -0.406. The van der Waals surface area contributed by atoms with Crippen LogP contribution in [0.4, 0.5) is 5.69 Å². The molecular weight excluding hydrogens is 440 g/mol. The summed E-state index contributed by atoms with van der Waals surface area (Å²) in [5, 5.41) is 5.80. The van der Waals surface area contributed by atoms with E-state index in [4.69, 9.17) is 0 Å². The Labute approximate surface area is 195 Å². The van der Waals surface area contributed by atoms with Crippen molar-refractivity contribution in [2.24, 2.45) is 0 Å². The lowest BCUT2D eigenvalue weighted by Gasteiger charge is -2.21. The van der Waals surface area contributed by atoms with Crippen LogP contribution in [0.5, 0.6) is 0 Å². The number of sulfonamides is 1. The minimum Gasteiger partial charge on any atom is -0.349 e. The molecule has 2 aliphatic rings. The van der Waals surface area contributed by atoms with Crippen LogP contribution in [0.2, 0.25) is 0 Å². The summed E-state index contributed by atoms with van der Waals surface area (Å²) in [7, 11) is -3.56. The fraction of sp³-hybridized carbons (Fsp3) is 0.417. The number of carbonyl (C=O) groups is 2. The first-order valence-electron chi connectivity index (χ1n) is 11.3. The summed E-state index contributed by atoms with van der Waals surface area (Å²) in [6.45, 7) is 3.88. The first-order valence-corrected chi connectivity index (χ1v) is 12.8. The van der Waals surface area contributed by atoms with Gasteiger partial charge < -0.3 is 10.6 Å². The van der Waals surface area contributed by atoms with E-state index >= 15 is 0 Å². The van der Waals surface area contributed by atoms with Crippen molar-refractivity contribution in [3.8, 4) is 0 Å². The molecule has 2 amide bonds. The van der Waals surface area contributed by atoms with Gasteiger partial charge in [-0.2, -0.15) is 4.31 Å². The number of carbonyl (C=O) groups excluding carboxylic acids is 2. The number of nitrogens with zero attached hydrogens (tertiary/aromatic N) is 2. The van der Waals surface area contributed by atoms with Crippen LogP contribution in [0.25, 0.3) is 0 Å². The molecule has 0 unspecified atom stereocenters. The van der Waals surface area contributed by atoms with Gasteiger partial charge in [-0.05, 0) is 57.0 Å². The monoisotopic (exact) mass is 470 g/mol. The Morgan fingerprint density at radius 1 is 0.970 bits per heavy atom. The summed E-state index contributed by atoms with van der Waals surface area (Å²) in [4.78, 5) is 27.4. The van der Waals surface area contributed by atoms with Gasteiger partial charge >= 0.3 is 0 Å². The largest absolute Gasteiger partial charge is 0.349 e. The molecule has 2 aromatic carbocycles. The topological polar surface area (TPSA) is 98.8 Å². The highest BCUT2D eigenvalue weighted by atomic mass is 32.2. The lowest BCUT2D eigenvalue weighted by atomic mass is 10.1. The molecule has 8 nitrogen and oxygen atoms in total. The van der Waals surface area contributed by atoms with E-state index in [0.29, 0.717) is 48.7 Å². The molecule has 0 atom stereocenters. The summed E-state index contributed by atoms with van der Waals surface area (Å²) in [6.07, 6.45) is 2.62. The molecule has 33 heavy (non-hydrogen) atoms. The average molecular weight is 471 g/mol. The van der Waals surface area contributed by atoms with E-state index in [1.54, 1.807) is 48.5 Å². The Balaban J connectivity index is 1.34. The SMILES string of the molecule is Cc1ccc(S(=O)(=O)N2CCCN(CC(=O)Nc3ccccc3C(=O)NC3CC3)CC2)cc1. The van der Waals surface area contributed by atoms with E-state index in [9.17, 15) is 18.0 Å². The van der Waals surface area contributed by atoms with E-state index in [-0.39, 0.29) is 24.4 Å². The standard InChI is InChI=1S/C24H30N4O4S/c1-18-7-11-20(12-8-18)33(31,32)28-14-4-13-27(15-16-28)17-23(29)26-22-6-3-2-5-21(22)24(30)25-19-9-10-19/h2-3,5-8,11-12,19H,4,9-10,13-17H2,1H3,(H,25,30)(H,26,29). The highest BCUT2D eigenvalue weighted by Crippen LogP contribution is 2.22. The van der Waals surface area contributed by atoms with Gasteiger partial charge in [0, 0.05) is 25.7 Å². The lowest BCUT2D eigenvalue weighted by Crippen LogP contribution is -2.38. The summed E-state index contributed by atoms with van der Waals surface area (Å²) in [6, 6.07) is 14.1. The summed E-state index contributed by atoms with van der Waals surface area (Å²) in [5.41, 5.74) is 1.94. The third-order valence-corrected chi connectivity index (χ3v) is 7.84. The van der Waals surface area contributed by atoms with Gasteiger partial charge in [0.1, 0.15) is 0 Å². The second-order valence-corrected chi connectivity index (χ2v) is 10.6. The van der Waals surface area contributed by atoms with E-state index < -0.39 is 10.0 Å². The van der Waals surface area contributed by atoms with Gasteiger partial charge in [0.2, 0.25) is 15.9 Å². The number of para-hydroxylation sites is 1. The number of nitrogens with one attached hydrogen (secondary N) is 2. The predicted molar refractivity (Wildman–Crippen MR) is 127 cm³/mol. The number of benzene rings is 2. The molecule has 0 bridgehead atoms. The number of amides is 2. The molecule has 0 radical (unpaired) electrons. The lowest BCUT2D eigenvalue weighted by molar-refractivity contribution is -0.117. The molecule has 1 aliphatic carbocycles. The fourth-order valence-electron chi connectivity index (χ4n) is 3.88. The molecule has 2 aromatic rings. The van der Waals surface area contributed by atoms with Crippen molar-refractivity contribution in [1.82, 2.24) is 14.5 Å². The van der Waals surface area contributed by atoms with Gasteiger partial charge in [-0.3, -0.25) is 14.5 Å². The Hall–Kier alpha value is -2.75. The second kappa shape index (κ2) is 10.0. The first kappa shape index (κ1) is 23.4. The zero-order valence-corrected chi connectivity index (χ0v) is 19.6. The Bertz CT molecular complexity index is 1110. The number of hydrogen-bond acceptors (Lipinski definition) is 5. The van der Waals surface area contributed by atoms with E-state index in [2.05, 4.69) is 10.6 Å². The van der Waals surface area contributed by atoms with Gasteiger partial charge in [0.15, 0.2) is 0 Å². The van der Waals surface area contributed by atoms with Crippen molar-refractivity contribution in [1.29, 1.82) is 0 Å². The van der Waals surface area contributed by atoms with Crippen molar-refractivity contribution < 1.29 is 18.0 Å². The highest BCUT2D eigenvalue weighted by Gasteiger charge is 2.28. The maximum absolute atomic E-state index is 13.0. The number of hydrogen-bond donors (Lipinski definition) is 2. The van der Waals surface area contributed by atoms with E-state index in [1.165, 1.54) is 4.31 Å². The fourth-order valence-corrected chi connectivity index (χ4v) is 5.35. The number of rotatable bonds is 7. The molecule has 1 saturated carbocycles. The quantitative estimate of drug-likeness (QED) is 0.647. The molecule has 1 heterocycles. The Kier molecular flexibility index (Phi) is 7.11. The van der Waals surface area contributed by atoms with Crippen LogP contribution in [-0.2, 0) is 14.8 Å². The van der Waals surface area contributed by atoms with Gasteiger partial charge in [0.25, 0.3) is 5.91 Å².